The molecule has 0 aromatic heterocycles. The molecule has 0 aliphatic heterocycles. The number of hydrogen-bond donors (Lipinski definition) is 0. The zero-order chi connectivity index (χ0) is 29.0. The molecule has 202 valence electrons. The molecule has 5 aromatic rings. The summed E-state index contributed by atoms with van der Waals surface area (Å²) in [6.07, 6.45) is 20.9. The topological polar surface area (TPSA) is 0 Å². The molecule has 0 amide bonds. The summed E-state index contributed by atoms with van der Waals surface area (Å²) in [7, 11) is 0. The molecule has 0 radical (unpaired) electrons. The lowest BCUT2D eigenvalue weighted by Gasteiger charge is -2.00. The second-order valence-electron chi connectivity index (χ2n) is 10.1. The zero-order valence-electron chi connectivity index (χ0n) is 23.7. The van der Waals surface area contributed by atoms with Gasteiger partial charge in [-0.05, 0) is 55.6 Å². The van der Waals surface area contributed by atoms with Crippen LogP contribution < -0.4 is 0 Å². The van der Waals surface area contributed by atoms with Crippen molar-refractivity contribution < 1.29 is 0 Å². The van der Waals surface area contributed by atoms with Gasteiger partial charge in [-0.2, -0.15) is 0 Å². The van der Waals surface area contributed by atoms with Crippen LogP contribution in [0.3, 0.4) is 0 Å². The van der Waals surface area contributed by atoms with Crippen LogP contribution in [-0.2, 0) is 0 Å². The van der Waals surface area contributed by atoms with Crippen LogP contribution in [0.4, 0.5) is 0 Å². The predicted octanol–water partition coefficient (Wildman–Crippen LogP) is 11.7. The van der Waals surface area contributed by atoms with Crippen molar-refractivity contribution in [2.45, 2.75) is 0 Å². The molecule has 0 saturated carbocycles. The summed E-state index contributed by atoms with van der Waals surface area (Å²) >= 11 is 0. The molecule has 0 N–H and O–H groups in total. The minimum absolute atomic E-state index is 1.13. The Kier molecular flexibility index (Phi) is 9.53. The summed E-state index contributed by atoms with van der Waals surface area (Å²) < 4.78 is 0. The van der Waals surface area contributed by atoms with E-state index < -0.39 is 0 Å². The van der Waals surface area contributed by atoms with Gasteiger partial charge in [-0.25, -0.2) is 0 Å². The fourth-order valence-electron chi connectivity index (χ4n) is 4.41. The fraction of sp³-hybridized carbons (Fsp3) is 0. The SMILES string of the molecule is C=Cc1ccc(/C=C/c2ccc(/C=C/c3ccc(/C=C/c4ccc(/C=C/c5ccc(C=C)cc5)cc4)cc3)cc2)cc1. The van der Waals surface area contributed by atoms with Crippen molar-refractivity contribution >= 4 is 60.8 Å². The molecule has 42 heavy (non-hydrogen) atoms. The highest BCUT2D eigenvalue weighted by Gasteiger charge is 1.94. The first-order chi connectivity index (χ1) is 20.7. The molecule has 0 bridgehead atoms. The molecule has 0 unspecified atom stereocenters. The lowest BCUT2D eigenvalue weighted by Crippen LogP contribution is -1.78. The first-order valence-corrected chi connectivity index (χ1v) is 14.1. The largest absolute Gasteiger partial charge is 0.0985 e. The standard InChI is InChI=1S/C42H34/c1-3-33-5-9-35(10-6-33)13-15-37-17-21-39(22-18-37)25-27-41-29-31-42(32-30-41)28-26-40-23-19-38(20-24-40)16-14-36-11-7-34(4-2)8-12-36/h3-32H,1-2H2/b15-13+,16-14+,27-25+,28-26+. The average molecular weight is 539 g/mol. The Morgan fingerprint density at radius 3 is 0.452 bits per heavy atom. The van der Waals surface area contributed by atoms with Crippen LogP contribution in [-0.4, -0.2) is 0 Å². The van der Waals surface area contributed by atoms with E-state index in [1.54, 1.807) is 0 Å². The predicted molar refractivity (Wildman–Crippen MR) is 188 cm³/mol. The van der Waals surface area contributed by atoms with Crippen molar-refractivity contribution in [1.29, 1.82) is 0 Å². The lowest BCUT2D eigenvalue weighted by atomic mass is 10.1. The van der Waals surface area contributed by atoms with Crippen molar-refractivity contribution in [3.8, 4) is 0 Å². The summed E-state index contributed by atoms with van der Waals surface area (Å²) in [5.74, 6) is 0. The molecule has 0 heteroatoms. The van der Waals surface area contributed by atoms with E-state index in [-0.39, 0.29) is 0 Å². The molecule has 5 rings (SSSR count). The molecule has 5 aromatic carbocycles. The first-order valence-electron chi connectivity index (χ1n) is 14.1. The van der Waals surface area contributed by atoms with Crippen LogP contribution in [0.25, 0.3) is 60.8 Å². The Balaban J connectivity index is 1.13. The molecule has 0 spiro atoms. The monoisotopic (exact) mass is 538 g/mol. The van der Waals surface area contributed by atoms with E-state index in [4.69, 9.17) is 0 Å². The van der Waals surface area contributed by atoms with Gasteiger partial charge < -0.3 is 0 Å². The second-order valence-corrected chi connectivity index (χ2v) is 10.1. The van der Waals surface area contributed by atoms with Gasteiger partial charge >= 0.3 is 0 Å². The van der Waals surface area contributed by atoms with Crippen molar-refractivity contribution in [2.75, 3.05) is 0 Å². The van der Waals surface area contributed by atoms with Crippen molar-refractivity contribution in [3.63, 3.8) is 0 Å². The van der Waals surface area contributed by atoms with Gasteiger partial charge in [0.2, 0.25) is 0 Å². The summed E-state index contributed by atoms with van der Waals surface area (Å²) in [5, 5.41) is 0. The maximum Gasteiger partial charge on any atom is -0.0256 e. The third kappa shape index (κ3) is 8.27. The van der Waals surface area contributed by atoms with Crippen molar-refractivity contribution in [1.82, 2.24) is 0 Å². The molecule has 0 fully saturated rings. The molecular weight excluding hydrogens is 504 g/mol. The van der Waals surface area contributed by atoms with E-state index in [0.717, 1.165) is 11.1 Å². The Labute approximate surface area is 250 Å². The van der Waals surface area contributed by atoms with Crippen molar-refractivity contribution in [2.24, 2.45) is 0 Å². The zero-order valence-corrected chi connectivity index (χ0v) is 23.7. The quantitative estimate of drug-likeness (QED) is 0.155. The Morgan fingerprint density at radius 1 is 0.214 bits per heavy atom. The lowest BCUT2D eigenvalue weighted by molar-refractivity contribution is 1.60. The van der Waals surface area contributed by atoms with E-state index in [9.17, 15) is 0 Å². The highest BCUT2D eigenvalue weighted by Crippen LogP contribution is 2.16. The third-order valence-corrected chi connectivity index (χ3v) is 7.03. The van der Waals surface area contributed by atoms with E-state index >= 15 is 0 Å². The minimum atomic E-state index is 1.13. The van der Waals surface area contributed by atoms with Gasteiger partial charge in [0, 0.05) is 0 Å². The molecule has 0 heterocycles. The van der Waals surface area contributed by atoms with Gasteiger partial charge in [-0.3, -0.25) is 0 Å². The Hall–Kier alpha value is -5.46. The van der Waals surface area contributed by atoms with Gasteiger partial charge in [0.25, 0.3) is 0 Å². The maximum absolute atomic E-state index is 3.81. The second kappa shape index (κ2) is 14.3. The first kappa shape index (κ1) is 28.1. The number of benzene rings is 5. The van der Waals surface area contributed by atoms with E-state index in [2.05, 4.69) is 183 Å². The fourth-order valence-corrected chi connectivity index (χ4v) is 4.41. The van der Waals surface area contributed by atoms with Gasteiger partial charge in [-0.15, -0.1) is 0 Å². The molecule has 0 nitrogen and oxygen atoms in total. The average Bonchev–Trinajstić information content (AvgIpc) is 3.06. The highest BCUT2D eigenvalue weighted by atomic mass is 14.0. The van der Waals surface area contributed by atoms with Crippen molar-refractivity contribution in [3.05, 3.63) is 190 Å². The Morgan fingerprint density at radius 2 is 0.333 bits per heavy atom. The third-order valence-electron chi connectivity index (χ3n) is 7.03. The van der Waals surface area contributed by atoms with E-state index in [1.165, 1.54) is 44.5 Å². The number of rotatable bonds is 10. The molecule has 0 aliphatic rings. The maximum atomic E-state index is 3.81. The molecule has 0 saturated heterocycles. The van der Waals surface area contributed by atoms with Gasteiger partial charge in [0.15, 0.2) is 0 Å². The van der Waals surface area contributed by atoms with Crippen LogP contribution in [0.2, 0.25) is 0 Å². The molecule has 0 aliphatic carbocycles. The summed E-state index contributed by atoms with van der Waals surface area (Å²) in [5.41, 5.74) is 11.7. The van der Waals surface area contributed by atoms with E-state index in [0.29, 0.717) is 0 Å². The normalized spacial score (nSPS) is 11.6. The number of hydrogen-bond acceptors (Lipinski definition) is 0. The smallest absolute Gasteiger partial charge is 0.0256 e. The van der Waals surface area contributed by atoms with Crippen LogP contribution in [0.1, 0.15) is 55.6 Å². The van der Waals surface area contributed by atoms with Gasteiger partial charge in [0.05, 0.1) is 0 Å². The van der Waals surface area contributed by atoms with Crippen LogP contribution in [0, 0.1) is 0 Å². The van der Waals surface area contributed by atoms with E-state index in [1.807, 2.05) is 12.2 Å². The van der Waals surface area contributed by atoms with Gasteiger partial charge in [0.1, 0.15) is 0 Å². The minimum Gasteiger partial charge on any atom is -0.0985 e. The summed E-state index contributed by atoms with van der Waals surface area (Å²) in [6, 6.07) is 42.5. The molecule has 0 atom stereocenters. The Bertz CT molecular complexity index is 1590. The van der Waals surface area contributed by atoms with Crippen LogP contribution in [0.15, 0.2) is 134 Å². The van der Waals surface area contributed by atoms with Crippen LogP contribution >= 0.6 is 0 Å². The van der Waals surface area contributed by atoms with Crippen LogP contribution in [0.5, 0.6) is 0 Å². The summed E-state index contributed by atoms with van der Waals surface area (Å²) in [6.45, 7) is 7.61. The van der Waals surface area contributed by atoms with Gasteiger partial charge in [-0.1, -0.05) is 195 Å². The molecular formula is C42H34. The highest BCUT2D eigenvalue weighted by molar-refractivity contribution is 5.76. The summed E-state index contributed by atoms with van der Waals surface area (Å²) in [4.78, 5) is 0.